The molecule has 0 bridgehead atoms. The van der Waals surface area contributed by atoms with Crippen molar-refractivity contribution >= 4 is 42.4 Å². The van der Waals surface area contributed by atoms with Crippen molar-refractivity contribution in [1.82, 2.24) is 15.0 Å². The maximum absolute atomic E-state index is 5.34. The fourth-order valence-electron chi connectivity index (χ4n) is 7.20. The average Bonchev–Trinajstić information content (AvgIpc) is 3.64. The van der Waals surface area contributed by atoms with E-state index in [4.69, 9.17) is 15.0 Å². The lowest BCUT2D eigenvalue weighted by atomic mass is 9.98. The molecule has 0 unspecified atom stereocenters. The standard InChI is InChI=1S/C49H31N3S/c1-4-12-32(13-5-1)33-20-24-35(25-21-33)42-31-43(52-49(51-42)38-16-8-3-9-17-38)36-26-22-34(23-27-36)39-28-29-40-44(30-39)50-47(37-14-6-2-7-15-37)46-41-18-10-11-19-45(41)53-48(40)46/h1-31H. The molecular weight excluding hydrogens is 663 g/mol. The van der Waals surface area contributed by atoms with Gasteiger partial charge in [-0.3, -0.25) is 0 Å². The van der Waals surface area contributed by atoms with Crippen molar-refractivity contribution in [3.63, 3.8) is 0 Å². The molecule has 7 aromatic carbocycles. The van der Waals surface area contributed by atoms with Crippen LogP contribution in [0.1, 0.15) is 0 Å². The van der Waals surface area contributed by atoms with Gasteiger partial charge in [0.1, 0.15) is 0 Å². The Morgan fingerprint density at radius 3 is 1.47 bits per heavy atom. The van der Waals surface area contributed by atoms with Crippen LogP contribution in [0.15, 0.2) is 188 Å². The van der Waals surface area contributed by atoms with Crippen molar-refractivity contribution in [3.8, 4) is 67.4 Å². The lowest BCUT2D eigenvalue weighted by molar-refractivity contribution is 1.18. The van der Waals surface area contributed by atoms with Gasteiger partial charge in [0, 0.05) is 47.8 Å². The minimum atomic E-state index is 0.705. The predicted molar refractivity (Wildman–Crippen MR) is 223 cm³/mol. The van der Waals surface area contributed by atoms with E-state index in [-0.39, 0.29) is 0 Å². The summed E-state index contributed by atoms with van der Waals surface area (Å²) in [6, 6.07) is 66.0. The van der Waals surface area contributed by atoms with E-state index in [1.54, 1.807) is 0 Å². The van der Waals surface area contributed by atoms with Crippen molar-refractivity contribution in [2.45, 2.75) is 0 Å². The number of rotatable bonds is 6. The Morgan fingerprint density at radius 1 is 0.340 bits per heavy atom. The minimum Gasteiger partial charge on any atom is -0.247 e. The molecule has 0 saturated heterocycles. The molecule has 10 rings (SSSR count). The van der Waals surface area contributed by atoms with Gasteiger partial charge in [-0.1, -0.05) is 170 Å². The van der Waals surface area contributed by atoms with E-state index >= 15 is 0 Å². The van der Waals surface area contributed by atoms with Crippen LogP contribution >= 0.6 is 11.3 Å². The van der Waals surface area contributed by atoms with Crippen LogP contribution in [0, 0.1) is 0 Å². The largest absolute Gasteiger partial charge is 0.247 e. The zero-order chi connectivity index (χ0) is 35.1. The summed E-state index contributed by atoms with van der Waals surface area (Å²) in [7, 11) is 0. The highest BCUT2D eigenvalue weighted by Gasteiger charge is 2.17. The minimum absolute atomic E-state index is 0.705. The Hall–Kier alpha value is -6.75. The summed E-state index contributed by atoms with van der Waals surface area (Å²) in [6.07, 6.45) is 0. The zero-order valence-corrected chi connectivity index (χ0v) is 29.5. The summed E-state index contributed by atoms with van der Waals surface area (Å²) in [5.41, 5.74) is 12.6. The zero-order valence-electron chi connectivity index (χ0n) is 28.6. The fraction of sp³-hybridized carbons (Fsp3) is 0. The van der Waals surface area contributed by atoms with Crippen molar-refractivity contribution in [2.24, 2.45) is 0 Å². The molecule has 248 valence electrons. The molecule has 0 atom stereocenters. The molecule has 0 spiro atoms. The number of fused-ring (bicyclic) bond motifs is 5. The molecule has 0 aliphatic carbocycles. The third-order valence-corrected chi connectivity index (χ3v) is 11.1. The van der Waals surface area contributed by atoms with E-state index in [1.807, 2.05) is 35.6 Å². The summed E-state index contributed by atoms with van der Waals surface area (Å²) in [6.45, 7) is 0. The summed E-state index contributed by atoms with van der Waals surface area (Å²) in [5.74, 6) is 0.705. The number of benzene rings is 7. The number of pyridine rings is 1. The molecule has 0 radical (unpaired) electrons. The maximum atomic E-state index is 5.34. The summed E-state index contributed by atoms with van der Waals surface area (Å²) in [4.78, 5) is 15.5. The highest BCUT2D eigenvalue weighted by molar-refractivity contribution is 7.26. The number of hydrogen-bond acceptors (Lipinski definition) is 4. The quantitative estimate of drug-likeness (QED) is 0.174. The predicted octanol–water partition coefficient (Wildman–Crippen LogP) is 13.4. The fourth-order valence-corrected chi connectivity index (χ4v) is 8.44. The number of nitrogens with zero attached hydrogens (tertiary/aromatic N) is 3. The number of aromatic nitrogens is 3. The van der Waals surface area contributed by atoms with E-state index in [0.29, 0.717) is 5.82 Å². The van der Waals surface area contributed by atoms with Crippen molar-refractivity contribution in [1.29, 1.82) is 0 Å². The Kier molecular flexibility index (Phi) is 7.67. The molecule has 4 heteroatoms. The molecule has 0 fully saturated rings. The van der Waals surface area contributed by atoms with E-state index in [2.05, 4.69) is 164 Å². The Balaban J connectivity index is 1.04. The van der Waals surface area contributed by atoms with Gasteiger partial charge < -0.3 is 0 Å². The molecule has 3 nitrogen and oxygen atoms in total. The summed E-state index contributed by atoms with van der Waals surface area (Å²) in [5, 5.41) is 3.67. The van der Waals surface area contributed by atoms with Gasteiger partial charge in [0.25, 0.3) is 0 Å². The normalized spacial score (nSPS) is 11.4. The van der Waals surface area contributed by atoms with E-state index in [0.717, 1.165) is 56.0 Å². The third-order valence-electron chi connectivity index (χ3n) is 9.91. The lowest BCUT2D eigenvalue weighted by Gasteiger charge is -2.11. The van der Waals surface area contributed by atoms with Crippen molar-refractivity contribution < 1.29 is 0 Å². The van der Waals surface area contributed by atoms with E-state index < -0.39 is 0 Å². The van der Waals surface area contributed by atoms with Gasteiger partial charge in [0.05, 0.1) is 22.6 Å². The van der Waals surface area contributed by atoms with E-state index in [1.165, 1.54) is 36.7 Å². The Bertz CT molecular complexity index is 2900. The molecule has 3 heterocycles. The molecule has 0 N–H and O–H groups in total. The second-order valence-electron chi connectivity index (χ2n) is 13.2. The molecule has 3 aromatic heterocycles. The molecule has 0 aliphatic rings. The first-order chi connectivity index (χ1) is 26.2. The van der Waals surface area contributed by atoms with Crippen LogP contribution in [-0.2, 0) is 0 Å². The lowest BCUT2D eigenvalue weighted by Crippen LogP contribution is -1.96. The van der Waals surface area contributed by atoms with E-state index in [9.17, 15) is 0 Å². The van der Waals surface area contributed by atoms with Crippen LogP contribution in [0.25, 0.3) is 98.5 Å². The van der Waals surface area contributed by atoms with Crippen LogP contribution in [0.3, 0.4) is 0 Å². The van der Waals surface area contributed by atoms with Gasteiger partial charge >= 0.3 is 0 Å². The SMILES string of the molecule is c1ccc(-c2ccc(-c3cc(-c4ccc(-c5ccc6c(c5)nc(-c5ccccc5)c5c7ccccc7sc65)cc4)nc(-c4ccccc4)n3)cc2)cc1. The van der Waals surface area contributed by atoms with Crippen LogP contribution < -0.4 is 0 Å². The van der Waals surface area contributed by atoms with Gasteiger partial charge in [-0.15, -0.1) is 11.3 Å². The molecule has 0 aliphatic heterocycles. The first-order valence-corrected chi connectivity index (χ1v) is 18.6. The average molecular weight is 694 g/mol. The summed E-state index contributed by atoms with van der Waals surface area (Å²) >= 11 is 1.85. The van der Waals surface area contributed by atoms with Crippen LogP contribution in [0.2, 0.25) is 0 Å². The van der Waals surface area contributed by atoms with Crippen LogP contribution in [0.4, 0.5) is 0 Å². The molecule has 0 amide bonds. The van der Waals surface area contributed by atoms with Gasteiger partial charge in [-0.25, -0.2) is 15.0 Å². The second kappa shape index (κ2) is 13.1. The van der Waals surface area contributed by atoms with Gasteiger partial charge in [0.15, 0.2) is 5.82 Å². The number of thiophene rings is 1. The first-order valence-electron chi connectivity index (χ1n) is 17.8. The molecule has 53 heavy (non-hydrogen) atoms. The topological polar surface area (TPSA) is 38.7 Å². The smallest absolute Gasteiger partial charge is 0.160 e. The Labute approximate surface area is 311 Å². The van der Waals surface area contributed by atoms with Gasteiger partial charge in [-0.05, 0) is 40.5 Å². The summed E-state index contributed by atoms with van der Waals surface area (Å²) < 4.78 is 2.56. The maximum Gasteiger partial charge on any atom is 0.160 e. The van der Waals surface area contributed by atoms with Crippen LogP contribution in [0.5, 0.6) is 0 Å². The Morgan fingerprint density at radius 2 is 0.830 bits per heavy atom. The number of hydrogen-bond donors (Lipinski definition) is 0. The van der Waals surface area contributed by atoms with Crippen molar-refractivity contribution in [2.75, 3.05) is 0 Å². The van der Waals surface area contributed by atoms with Gasteiger partial charge in [0.2, 0.25) is 0 Å². The highest BCUT2D eigenvalue weighted by Crippen LogP contribution is 2.43. The van der Waals surface area contributed by atoms with Gasteiger partial charge in [-0.2, -0.15) is 0 Å². The molecule has 10 aromatic rings. The molecule has 0 saturated carbocycles. The molecular formula is C49H31N3S. The van der Waals surface area contributed by atoms with Crippen molar-refractivity contribution in [3.05, 3.63) is 188 Å². The second-order valence-corrected chi connectivity index (χ2v) is 14.3. The monoisotopic (exact) mass is 693 g/mol. The first kappa shape index (κ1) is 31.0. The van der Waals surface area contributed by atoms with Crippen LogP contribution in [-0.4, -0.2) is 15.0 Å². The highest BCUT2D eigenvalue weighted by atomic mass is 32.1. The third kappa shape index (κ3) is 5.76.